The van der Waals surface area contributed by atoms with Crippen LogP contribution in [0.25, 0.3) is 22.6 Å². The Labute approximate surface area is 194 Å². The summed E-state index contributed by atoms with van der Waals surface area (Å²) in [4.78, 5) is 29.2. The van der Waals surface area contributed by atoms with Gasteiger partial charge in [0.1, 0.15) is 29.2 Å². The molecule has 0 saturated carbocycles. The molecule has 1 aromatic carbocycles. The molecule has 35 heavy (non-hydrogen) atoms. The molecule has 180 valence electrons. The van der Waals surface area contributed by atoms with Crippen LogP contribution in [0.4, 0.5) is 35.0 Å². The van der Waals surface area contributed by atoms with Crippen molar-refractivity contribution in [2.45, 2.75) is 6.18 Å². The van der Waals surface area contributed by atoms with E-state index in [0.717, 1.165) is 18.3 Å². The largest absolute Gasteiger partial charge is 0.419 e. The highest BCUT2D eigenvalue weighted by atomic mass is 19.4. The second-order valence-corrected chi connectivity index (χ2v) is 7.07. The second kappa shape index (κ2) is 9.70. The lowest BCUT2D eigenvalue weighted by atomic mass is 10.00. The standard InChI is InChI=1S/C21H16F4N8O2/c22-15-3-1-2-13(17(15)21(23,24)25)18-14(19-27-7-8-28-19)11-31-20(32-18)29-9-6-26-16-5-4-12(10-30-16)33(34)35/h1-5,7-8,10-11H,6,9H2,(H,26,30)(H,27,28)(H,29,31,32). The van der Waals surface area contributed by atoms with Crippen molar-refractivity contribution in [2.24, 2.45) is 0 Å². The smallest absolute Gasteiger partial charge is 0.368 e. The van der Waals surface area contributed by atoms with Gasteiger partial charge in [0.2, 0.25) is 5.95 Å². The van der Waals surface area contributed by atoms with Crippen LogP contribution in [0, 0.1) is 15.9 Å². The Balaban J connectivity index is 1.58. The Bertz CT molecular complexity index is 1330. The van der Waals surface area contributed by atoms with Crippen molar-refractivity contribution in [1.29, 1.82) is 0 Å². The maximum atomic E-state index is 14.2. The molecule has 0 atom stereocenters. The molecule has 0 amide bonds. The molecule has 4 aromatic rings. The van der Waals surface area contributed by atoms with Crippen molar-refractivity contribution in [2.75, 3.05) is 23.7 Å². The van der Waals surface area contributed by atoms with E-state index in [4.69, 9.17) is 0 Å². The van der Waals surface area contributed by atoms with E-state index in [9.17, 15) is 27.7 Å². The number of aromatic nitrogens is 5. The fourth-order valence-corrected chi connectivity index (χ4v) is 3.23. The molecule has 0 unspecified atom stereocenters. The molecular weight excluding hydrogens is 472 g/mol. The van der Waals surface area contributed by atoms with Crippen molar-refractivity contribution < 1.29 is 22.5 Å². The van der Waals surface area contributed by atoms with E-state index < -0.39 is 28.0 Å². The molecule has 0 aliphatic carbocycles. The first-order valence-corrected chi connectivity index (χ1v) is 10.0. The normalized spacial score (nSPS) is 11.3. The minimum absolute atomic E-state index is 0.00569. The highest BCUT2D eigenvalue weighted by Gasteiger charge is 2.38. The zero-order valence-electron chi connectivity index (χ0n) is 17.7. The Morgan fingerprint density at radius 3 is 2.46 bits per heavy atom. The Hall–Kier alpha value is -4.62. The van der Waals surface area contributed by atoms with Gasteiger partial charge in [0.25, 0.3) is 5.69 Å². The number of halogens is 4. The first kappa shape index (κ1) is 23.5. The van der Waals surface area contributed by atoms with E-state index in [0.29, 0.717) is 5.82 Å². The summed E-state index contributed by atoms with van der Waals surface area (Å²) in [5.41, 5.74) is -2.05. The van der Waals surface area contributed by atoms with E-state index in [-0.39, 0.29) is 41.8 Å². The predicted molar refractivity (Wildman–Crippen MR) is 118 cm³/mol. The number of nitrogens with one attached hydrogen (secondary N) is 3. The first-order valence-electron chi connectivity index (χ1n) is 10.0. The van der Waals surface area contributed by atoms with E-state index in [2.05, 4.69) is 35.6 Å². The lowest BCUT2D eigenvalue weighted by Crippen LogP contribution is -2.16. The number of alkyl halides is 3. The van der Waals surface area contributed by atoms with Gasteiger partial charge >= 0.3 is 6.18 Å². The van der Waals surface area contributed by atoms with Crippen LogP contribution in [0.3, 0.4) is 0 Å². The minimum Gasteiger partial charge on any atom is -0.368 e. The van der Waals surface area contributed by atoms with Crippen LogP contribution in [-0.4, -0.2) is 42.9 Å². The number of hydrogen-bond acceptors (Lipinski definition) is 8. The first-order chi connectivity index (χ1) is 16.7. The van der Waals surface area contributed by atoms with Crippen molar-refractivity contribution in [3.63, 3.8) is 0 Å². The summed E-state index contributed by atoms with van der Waals surface area (Å²) in [7, 11) is 0. The van der Waals surface area contributed by atoms with Gasteiger partial charge in [-0.1, -0.05) is 12.1 Å². The SMILES string of the molecule is O=[N+]([O-])c1ccc(NCCNc2ncc(-c3ncc[nH]3)c(-c3cccc(F)c3C(F)(F)F)n2)nc1. The fourth-order valence-electron chi connectivity index (χ4n) is 3.23. The number of H-pyrrole nitrogens is 1. The maximum Gasteiger partial charge on any atom is 0.419 e. The van der Waals surface area contributed by atoms with Crippen LogP contribution in [-0.2, 0) is 6.18 Å². The molecule has 0 aliphatic rings. The zero-order chi connectivity index (χ0) is 25.0. The van der Waals surface area contributed by atoms with Crippen molar-refractivity contribution >= 4 is 17.5 Å². The zero-order valence-corrected chi connectivity index (χ0v) is 17.7. The molecule has 3 aromatic heterocycles. The van der Waals surface area contributed by atoms with Gasteiger partial charge in [0.05, 0.1) is 16.2 Å². The predicted octanol–water partition coefficient (Wildman–Crippen LogP) is 4.52. The summed E-state index contributed by atoms with van der Waals surface area (Å²) >= 11 is 0. The van der Waals surface area contributed by atoms with Crippen LogP contribution in [0.15, 0.2) is 55.1 Å². The van der Waals surface area contributed by atoms with Gasteiger partial charge in [-0.3, -0.25) is 10.1 Å². The number of pyridine rings is 1. The van der Waals surface area contributed by atoms with Crippen molar-refractivity contribution in [3.8, 4) is 22.6 Å². The number of rotatable bonds is 8. The van der Waals surface area contributed by atoms with Crippen LogP contribution in [0.1, 0.15) is 5.56 Å². The van der Waals surface area contributed by atoms with Crippen molar-refractivity contribution in [1.82, 2.24) is 24.9 Å². The van der Waals surface area contributed by atoms with Gasteiger partial charge < -0.3 is 15.6 Å². The summed E-state index contributed by atoms with van der Waals surface area (Å²) in [6.07, 6.45) is 0.343. The number of nitro groups is 1. The molecule has 10 nitrogen and oxygen atoms in total. The fraction of sp³-hybridized carbons (Fsp3) is 0.143. The average molecular weight is 488 g/mol. The summed E-state index contributed by atoms with van der Waals surface area (Å²) in [6, 6.07) is 5.77. The van der Waals surface area contributed by atoms with Gasteiger partial charge in [-0.05, 0) is 12.1 Å². The Morgan fingerprint density at radius 2 is 1.80 bits per heavy atom. The van der Waals surface area contributed by atoms with Crippen LogP contribution < -0.4 is 10.6 Å². The number of anilines is 2. The molecule has 0 aliphatic heterocycles. The van der Waals surface area contributed by atoms with Gasteiger partial charge in [-0.15, -0.1) is 0 Å². The number of nitrogens with zero attached hydrogens (tertiary/aromatic N) is 5. The maximum absolute atomic E-state index is 14.2. The minimum atomic E-state index is -4.96. The highest BCUT2D eigenvalue weighted by molar-refractivity contribution is 5.80. The molecule has 0 bridgehead atoms. The quantitative estimate of drug-likeness (QED) is 0.143. The summed E-state index contributed by atoms with van der Waals surface area (Å²) in [5, 5.41) is 16.5. The van der Waals surface area contributed by atoms with Crippen LogP contribution in [0.2, 0.25) is 0 Å². The van der Waals surface area contributed by atoms with E-state index in [1.54, 1.807) is 0 Å². The molecule has 0 saturated heterocycles. The molecule has 3 N–H and O–H groups in total. The van der Waals surface area contributed by atoms with Gasteiger partial charge in [-0.25, -0.2) is 24.3 Å². The number of benzene rings is 1. The molecule has 0 spiro atoms. The molecule has 4 rings (SSSR count). The second-order valence-electron chi connectivity index (χ2n) is 7.07. The van der Waals surface area contributed by atoms with E-state index >= 15 is 0 Å². The summed E-state index contributed by atoms with van der Waals surface area (Å²) in [6.45, 7) is 0.519. The third kappa shape index (κ3) is 5.31. The van der Waals surface area contributed by atoms with Crippen LogP contribution >= 0.6 is 0 Å². The topological polar surface area (TPSA) is 135 Å². The Morgan fingerprint density at radius 1 is 1.00 bits per heavy atom. The highest BCUT2D eigenvalue weighted by Crippen LogP contribution is 2.40. The summed E-state index contributed by atoms with van der Waals surface area (Å²) in [5.74, 6) is -0.809. The number of aromatic amines is 1. The van der Waals surface area contributed by atoms with Gasteiger partial charge in [-0.2, -0.15) is 13.2 Å². The molecule has 14 heteroatoms. The Kier molecular flexibility index (Phi) is 6.53. The third-order valence-electron chi connectivity index (χ3n) is 4.77. The number of imidazole rings is 1. The molecule has 0 fully saturated rings. The van der Waals surface area contributed by atoms with E-state index in [1.165, 1.54) is 36.8 Å². The summed E-state index contributed by atoms with van der Waals surface area (Å²) < 4.78 is 55.3. The molecule has 0 radical (unpaired) electrons. The lowest BCUT2D eigenvalue weighted by Gasteiger charge is -2.16. The molecular formula is C21H16F4N8O2. The molecule has 3 heterocycles. The lowest BCUT2D eigenvalue weighted by molar-refractivity contribution is -0.385. The average Bonchev–Trinajstić information content (AvgIpc) is 3.36. The number of hydrogen-bond donors (Lipinski definition) is 3. The third-order valence-corrected chi connectivity index (χ3v) is 4.77. The monoisotopic (exact) mass is 488 g/mol. The van der Waals surface area contributed by atoms with Gasteiger partial charge in [0.15, 0.2) is 0 Å². The van der Waals surface area contributed by atoms with E-state index in [1.807, 2.05) is 0 Å². The van der Waals surface area contributed by atoms with Crippen molar-refractivity contribution in [3.05, 3.63) is 76.6 Å². The van der Waals surface area contributed by atoms with Gasteiger partial charge in [0, 0.05) is 43.3 Å². The van der Waals surface area contributed by atoms with Crippen LogP contribution in [0.5, 0.6) is 0 Å².